The van der Waals surface area contributed by atoms with Crippen LogP contribution >= 0.6 is 0 Å². The molecule has 0 aliphatic carbocycles. The Balaban J connectivity index is 2.16. The van der Waals surface area contributed by atoms with Crippen molar-refractivity contribution in [1.29, 1.82) is 0 Å². The van der Waals surface area contributed by atoms with Gasteiger partial charge in [0.2, 0.25) is 0 Å². The topological polar surface area (TPSA) is 67.5 Å². The van der Waals surface area contributed by atoms with Gasteiger partial charge in [0.25, 0.3) is 0 Å². The SMILES string of the molecule is CC(O)COc1cnn(-c2ccccc2O)c1. The van der Waals surface area contributed by atoms with Crippen LogP contribution < -0.4 is 4.74 Å². The number of aliphatic hydroxyl groups is 1. The zero-order valence-corrected chi connectivity index (χ0v) is 9.45. The molecule has 2 N–H and O–H groups in total. The third-order valence-corrected chi connectivity index (χ3v) is 2.18. The van der Waals surface area contributed by atoms with E-state index in [1.807, 2.05) is 6.07 Å². The summed E-state index contributed by atoms with van der Waals surface area (Å²) in [6.45, 7) is 1.86. The minimum atomic E-state index is -0.525. The van der Waals surface area contributed by atoms with E-state index < -0.39 is 6.10 Å². The summed E-state index contributed by atoms with van der Waals surface area (Å²) < 4.78 is 6.82. The fourth-order valence-electron chi connectivity index (χ4n) is 1.39. The molecule has 0 radical (unpaired) electrons. The predicted octanol–water partition coefficient (Wildman–Crippen LogP) is 1.34. The van der Waals surface area contributed by atoms with Crippen LogP contribution in [0.1, 0.15) is 6.92 Å². The van der Waals surface area contributed by atoms with E-state index in [4.69, 9.17) is 9.84 Å². The van der Waals surface area contributed by atoms with Crippen LogP contribution in [0.25, 0.3) is 5.69 Å². The largest absolute Gasteiger partial charge is 0.506 e. The van der Waals surface area contributed by atoms with Crippen LogP contribution in [-0.4, -0.2) is 32.7 Å². The van der Waals surface area contributed by atoms with Crippen molar-refractivity contribution in [3.63, 3.8) is 0 Å². The number of benzene rings is 1. The third-order valence-electron chi connectivity index (χ3n) is 2.18. The molecule has 5 heteroatoms. The Kier molecular flexibility index (Phi) is 3.30. The van der Waals surface area contributed by atoms with Gasteiger partial charge in [-0.05, 0) is 19.1 Å². The highest BCUT2D eigenvalue weighted by Crippen LogP contribution is 2.21. The molecule has 0 aliphatic rings. The molecule has 1 heterocycles. The number of phenolic OH excluding ortho intramolecular Hbond substituents is 1. The molecule has 1 aromatic heterocycles. The van der Waals surface area contributed by atoms with Gasteiger partial charge in [-0.15, -0.1) is 0 Å². The van der Waals surface area contributed by atoms with Gasteiger partial charge in [-0.2, -0.15) is 5.10 Å². The molecule has 0 amide bonds. The summed E-state index contributed by atoms with van der Waals surface area (Å²) in [4.78, 5) is 0. The maximum absolute atomic E-state index is 9.65. The number of ether oxygens (including phenoxy) is 1. The van der Waals surface area contributed by atoms with Crippen LogP contribution in [0, 0.1) is 0 Å². The third kappa shape index (κ3) is 2.76. The molecule has 5 nitrogen and oxygen atoms in total. The smallest absolute Gasteiger partial charge is 0.157 e. The first-order chi connectivity index (χ1) is 8.16. The van der Waals surface area contributed by atoms with E-state index in [9.17, 15) is 5.11 Å². The predicted molar refractivity (Wildman–Crippen MR) is 62.4 cm³/mol. The molecule has 0 fully saturated rings. The Hall–Kier alpha value is -2.01. The fourth-order valence-corrected chi connectivity index (χ4v) is 1.39. The Morgan fingerprint density at radius 1 is 1.41 bits per heavy atom. The zero-order valence-electron chi connectivity index (χ0n) is 9.45. The van der Waals surface area contributed by atoms with Crippen molar-refractivity contribution < 1.29 is 14.9 Å². The highest BCUT2D eigenvalue weighted by molar-refractivity contribution is 5.45. The lowest BCUT2D eigenvalue weighted by atomic mass is 10.3. The first-order valence-electron chi connectivity index (χ1n) is 5.30. The summed E-state index contributed by atoms with van der Waals surface area (Å²) in [7, 11) is 0. The summed E-state index contributed by atoms with van der Waals surface area (Å²) in [5, 5.41) is 22.8. The summed E-state index contributed by atoms with van der Waals surface area (Å²) in [6.07, 6.45) is 2.66. The van der Waals surface area contributed by atoms with Gasteiger partial charge in [-0.1, -0.05) is 12.1 Å². The molecule has 2 aromatic rings. The van der Waals surface area contributed by atoms with E-state index in [1.165, 1.54) is 10.9 Å². The van der Waals surface area contributed by atoms with E-state index in [0.717, 1.165) is 0 Å². The maximum Gasteiger partial charge on any atom is 0.157 e. The van der Waals surface area contributed by atoms with Crippen molar-refractivity contribution in [3.05, 3.63) is 36.7 Å². The molecule has 0 saturated heterocycles. The Morgan fingerprint density at radius 2 is 2.18 bits per heavy atom. The number of rotatable bonds is 4. The van der Waals surface area contributed by atoms with E-state index in [-0.39, 0.29) is 12.4 Å². The molecule has 1 atom stereocenters. The van der Waals surface area contributed by atoms with Crippen molar-refractivity contribution in [2.45, 2.75) is 13.0 Å². The zero-order chi connectivity index (χ0) is 12.3. The number of hydrogen-bond donors (Lipinski definition) is 2. The van der Waals surface area contributed by atoms with Crippen LogP contribution in [-0.2, 0) is 0 Å². The molecular weight excluding hydrogens is 220 g/mol. The Morgan fingerprint density at radius 3 is 2.88 bits per heavy atom. The first kappa shape index (κ1) is 11.5. The summed E-state index contributed by atoms with van der Waals surface area (Å²) in [5.74, 6) is 0.701. The van der Waals surface area contributed by atoms with E-state index in [0.29, 0.717) is 11.4 Å². The Labute approximate surface area is 98.9 Å². The highest BCUT2D eigenvalue weighted by atomic mass is 16.5. The molecule has 0 bridgehead atoms. The quantitative estimate of drug-likeness (QED) is 0.837. The molecule has 17 heavy (non-hydrogen) atoms. The van der Waals surface area contributed by atoms with Crippen molar-refractivity contribution in [3.8, 4) is 17.2 Å². The minimum absolute atomic E-state index is 0.151. The van der Waals surface area contributed by atoms with Crippen molar-refractivity contribution in [2.24, 2.45) is 0 Å². The second kappa shape index (κ2) is 4.88. The van der Waals surface area contributed by atoms with E-state index in [1.54, 1.807) is 31.3 Å². The monoisotopic (exact) mass is 234 g/mol. The average molecular weight is 234 g/mol. The van der Waals surface area contributed by atoms with Crippen LogP contribution in [0.3, 0.4) is 0 Å². The summed E-state index contributed by atoms with van der Waals surface area (Å²) in [6, 6.07) is 6.90. The first-order valence-corrected chi connectivity index (χ1v) is 5.30. The number of hydrogen-bond acceptors (Lipinski definition) is 4. The molecule has 1 unspecified atom stereocenters. The van der Waals surface area contributed by atoms with Crippen LogP contribution in [0.5, 0.6) is 11.5 Å². The molecule has 90 valence electrons. The number of aromatic hydroxyl groups is 1. The van der Waals surface area contributed by atoms with Crippen molar-refractivity contribution >= 4 is 0 Å². The molecule has 0 spiro atoms. The second-order valence-corrected chi connectivity index (χ2v) is 3.77. The highest BCUT2D eigenvalue weighted by Gasteiger charge is 2.06. The molecule has 1 aromatic carbocycles. The van der Waals surface area contributed by atoms with Gasteiger partial charge in [0, 0.05) is 0 Å². The van der Waals surface area contributed by atoms with Gasteiger partial charge in [-0.3, -0.25) is 0 Å². The summed E-state index contributed by atoms with van der Waals surface area (Å²) >= 11 is 0. The summed E-state index contributed by atoms with van der Waals surface area (Å²) in [5.41, 5.74) is 0.583. The van der Waals surface area contributed by atoms with Gasteiger partial charge in [0.1, 0.15) is 18.0 Å². The second-order valence-electron chi connectivity index (χ2n) is 3.77. The lowest BCUT2D eigenvalue weighted by Gasteiger charge is -2.05. The fraction of sp³-hybridized carbons (Fsp3) is 0.250. The van der Waals surface area contributed by atoms with Gasteiger partial charge < -0.3 is 14.9 Å². The van der Waals surface area contributed by atoms with E-state index in [2.05, 4.69) is 5.10 Å². The van der Waals surface area contributed by atoms with Crippen LogP contribution in [0.2, 0.25) is 0 Å². The van der Waals surface area contributed by atoms with Gasteiger partial charge in [0.15, 0.2) is 5.75 Å². The molecule has 0 saturated carbocycles. The van der Waals surface area contributed by atoms with Crippen molar-refractivity contribution in [1.82, 2.24) is 9.78 Å². The number of aromatic nitrogens is 2. The molecule has 0 aliphatic heterocycles. The average Bonchev–Trinajstić information content (AvgIpc) is 2.75. The number of aliphatic hydroxyl groups excluding tert-OH is 1. The number of nitrogens with zero attached hydrogens (tertiary/aromatic N) is 2. The van der Waals surface area contributed by atoms with Gasteiger partial charge in [0.05, 0.1) is 18.5 Å². The Bertz CT molecular complexity index is 494. The standard InChI is InChI=1S/C12H14N2O3/c1-9(15)8-17-10-6-13-14(7-10)11-4-2-3-5-12(11)16/h2-7,9,15-16H,8H2,1H3. The minimum Gasteiger partial charge on any atom is -0.506 e. The molecule has 2 rings (SSSR count). The van der Waals surface area contributed by atoms with Gasteiger partial charge >= 0.3 is 0 Å². The van der Waals surface area contributed by atoms with Crippen LogP contribution in [0.15, 0.2) is 36.7 Å². The number of phenols is 1. The van der Waals surface area contributed by atoms with Crippen LogP contribution in [0.4, 0.5) is 0 Å². The maximum atomic E-state index is 9.65. The number of para-hydroxylation sites is 2. The lowest BCUT2D eigenvalue weighted by molar-refractivity contribution is 0.122. The lowest BCUT2D eigenvalue weighted by Crippen LogP contribution is -2.12. The van der Waals surface area contributed by atoms with E-state index >= 15 is 0 Å². The normalized spacial score (nSPS) is 12.4. The van der Waals surface area contributed by atoms with Gasteiger partial charge in [-0.25, -0.2) is 4.68 Å². The van der Waals surface area contributed by atoms with Crippen molar-refractivity contribution in [2.75, 3.05) is 6.61 Å². The molecular formula is C12H14N2O3.